The molecular formula is C18H20O6. The van der Waals surface area contributed by atoms with Gasteiger partial charge in [0.25, 0.3) is 0 Å². The summed E-state index contributed by atoms with van der Waals surface area (Å²) >= 11 is 0. The molecule has 0 unspecified atom stereocenters. The van der Waals surface area contributed by atoms with Gasteiger partial charge in [-0.3, -0.25) is 0 Å². The summed E-state index contributed by atoms with van der Waals surface area (Å²) in [5, 5.41) is 17.4. The van der Waals surface area contributed by atoms with Crippen molar-refractivity contribution < 1.29 is 29.2 Å². The summed E-state index contributed by atoms with van der Waals surface area (Å²) in [6.45, 7) is 0.940. The molecule has 6 heteroatoms. The van der Waals surface area contributed by atoms with Crippen LogP contribution in [-0.2, 0) is 12.8 Å². The van der Waals surface area contributed by atoms with Crippen LogP contribution in [0.1, 0.15) is 11.1 Å². The fourth-order valence-corrected chi connectivity index (χ4v) is 2.45. The van der Waals surface area contributed by atoms with E-state index in [-0.39, 0.29) is 13.2 Å². The molecule has 2 aliphatic rings. The number of hydrogen-bond acceptors (Lipinski definition) is 6. The maximum atomic E-state index is 8.70. The molecule has 0 bridgehead atoms. The van der Waals surface area contributed by atoms with Crippen molar-refractivity contribution in [2.45, 2.75) is 12.8 Å². The largest absolute Gasteiger partial charge is 0.454 e. The number of rotatable bonds is 4. The highest BCUT2D eigenvalue weighted by Gasteiger charge is 2.13. The number of hydrogen-bond donors (Lipinski definition) is 2. The second-order valence-corrected chi connectivity index (χ2v) is 5.32. The van der Waals surface area contributed by atoms with Crippen LogP contribution in [0.25, 0.3) is 0 Å². The lowest BCUT2D eigenvalue weighted by atomic mass is 10.1. The Kier molecular flexibility index (Phi) is 5.40. The molecule has 6 nitrogen and oxygen atoms in total. The molecule has 0 saturated heterocycles. The van der Waals surface area contributed by atoms with E-state index in [0.29, 0.717) is 26.4 Å². The third-order valence-corrected chi connectivity index (χ3v) is 3.67. The molecule has 2 N–H and O–H groups in total. The van der Waals surface area contributed by atoms with Crippen LogP contribution in [-0.4, -0.2) is 37.0 Å². The van der Waals surface area contributed by atoms with Crippen LogP contribution < -0.4 is 18.9 Å². The third-order valence-electron chi connectivity index (χ3n) is 3.67. The van der Waals surface area contributed by atoms with Gasteiger partial charge >= 0.3 is 0 Å². The molecule has 2 aromatic carbocycles. The Hall–Kier alpha value is -2.44. The topological polar surface area (TPSA) is 77.4 Å². The van der Waals surface area contributed by atoms with Gasteiger partial charge in [0.2, 0.25) is 13.6 Å². The summed E-state index contributed by atoms with van der Waals surface area (Å²) in [4.78, 5) is 0. The Bertz CT molecular complexity index is 626. The maximum Gasteiger partial charge on any atom is 0.231 e. The summed E-state index contributed by atoms with van der Waals surface area (Å²) in [6, 6.07) is 11.4. The Labute approximate surface area is 140 Å². The van der Waals surface area contributed by atoms with Gasteiger partial charge in [-0.25, -0.2) is 0 Å². The molecule has 128 valence electrons. The number of benzene rings is 2. The van der Waals surface area contributed by atoms with Crippen molar-refractivity contribution in [2.24, 2.45) is 0 Å². The number of fused-ring (bicyclic) bond motifs is 2. The highest BCUT2D eigenvalue weighted by molar-refractivity contribution is 5.45. The van der Waals surface area contributed by atoms with Gasteiger partial charge in [-0.1, -0.05) is 12.1 Å². The van der Waals surface area contributed by atoms with E-state index in [0.717, 1.165) is 34.1 Å². The van der Waals surface area contributed by atoms with E-state index >= 15 is 0 Å². The molecule has 0 aliphatic carbocycles. The van der Waals surface area contributed by atoms with E-state index in [2.05, 4.69) is 0 Å². The summed E-state index contributed by atoms with van der Waals surface area (Å²) in [5.74, 6) is 3.13. The van der Waals surface area contributed by atoms with Gasteiger partial charge in [0.05, 0.1) is 0 Å². The van der Waals surface area contributed by atoms with Crippen LogP contribution >= 0.6 is 0 Å². The first-order valence-corrected chi connectivity index (χ1v) is 7.79. The van der Waals surface area contributed by atoms with Crippen molar-refractivity contribution in [3.05, 3.63) is 47.5 Å². The average Bonchev–Trinajstić information content (AvgIpc) is 3.24. The van der Waals surface area contributed by atoms with Gasteiger partial charge in [-0.2, -0.15) is 0 Å². The molecule has 2 aliphatic heterocycles. The Morgan fingerprint density at radius 1 is 0.625 bits per heavy atom. The predicted molar refractivity (Wildman–Crippen MR) is 86.7 cm³/mol. The first-order chi connectivity index (χ1) is 11.8. The van der Waals surface area contributed by atoms with E-state index < -0.39 is 0 Å². The van der Waals surface area contributed by atoms with Gasteiger partial charge in [-0.05, 0) is 48.2 Å². The Morgan fingerprint density at radius 2 is 1.04 bits per heavy atom. The molecule has 0 spiro atoms. The molecule has 0 atom stereocenters. The molecule has 0 amide bonds. The Balaban J connectivity index is 0.000000141. The van der Waals surface area contributed by atoms with Crippen molar-refractivity contribution >= 4 is 0 Å². The minimum absolute atomic E-state index is 0.166. The van der Waals surface area contributed by atoms with Gasteiger partial charge < -0.3 is 29.2 Å². The zero-order valence-corrected chi connectivity index (χ0v) is 13.2. The number of aliphatic hydroxyl groups is 2. The van der Waals surface area contributed by atoms with Gasteiger partial charge in [0.15, 0.2) is 23.0 Å². The highest BCUT2D eigenvalue weighted by Crippen LogP contribution is 2.33. The van der Waals surface area contributed by atoms with Crippen LogP contribution in [0.5, 0.6) is 23.0 Å². The second-order valence-electron chi connectivity index (χ2n) is 5.32. The number of ether oxygens (including phenoxy) is 4. The van der Waals surface area contributed by atoms with Crippen molar-refractivity contribution in [1.82, 2.24) is 0 Å². The lowest BCUT2D eigenvalue weighted by Crippen LogP contribution is -1.93. The minimum atomic E-state index is 0.166. The normalized spacial score (nSPS) is 13.4. The molecule has 4 rings (SSSR count). The third kappa shape index (κ3) is 3.90. The van der Waals surface area contributed by atoms with E-state index in [1.165, 1.54) is 0 Å². The quantitative estimate of drug-likeness (QED) is 0.890. The van der Waals surface area contributed by atoms with Gasteiger partial charge in [-0.15, -0.1) is 0 Å². The maximum absolute atomic E-state index is 8.70. The van der Waals surface area contributed by atoms with Crippen molar-refractivity contribution in [3.63, 3.8) is 0 Å². The fraction of sp³-hybridized carbons (Fsp3) is 0.333. The van der Waals surface area contributed by atoms with Crippen molar-refractivity contribution in [1.29, 1.82) is 0 Å². The SMILES string of the molecule is OCCc1ccc2c(c1)OCO2.OCCc1ccc2c(c1)OCO2. The molecule has 0 aromatic heterocycles. The average molecular weight is 332 g/mol. The zero-order valence-electron chi connectivity index (χ0n) is 13.2. The first kappa shape index (κ1) is 16.4. The van der Waals surface area contributed by atoms with Crippen LogP contribution in [0.4, 0.5) is 0 Å². The number of aliphatic hydroxyl groups excluding tert-OH is 2. The molecule has 2 aromatic rings. The molecule has 24 heavy (non-hydrogen) atoms. The zero-order chi connectivity index (χ0) is 16.8. The van der Waals surface area contributed by atoms with Gasteiger partial charge in [0.1, 0.15) is 0 Å². The first-order valence-electron chi connectivity index (χ1n) is 7.79. The summed E-state index contributed by atoms with van der Waals surface area (Å²) < 4.78 is 20.7. The lowest BCUT2D eigenvalue weighted by Gasteiger charge is -1.99. The summed E-state index contributed by atoms with van der Waals surface area (Å²) in [5.41, 5.74) is 2.14. The van der Waals surface area contributed by atoms with Crippen LogP contribution in [0.3, 0.4) is 0 Å². The van der Waals surface area contributed by atoms with E-state index in [1.807, 2.05) is 36.4 Å². The van der Waals surface area contributed by atoms with E-state index in [9.17, 15) is 0 Å². The van der Waals surface area contributed by atoms with Crippen molar-refractivity contribution in [2.75, 3.05) is 26.8 Å². The fourth-order valence-electron chi connectivity index (χ4n) is 2.45. The summed E-state index contributed by atoms with van der Waals surface area (Å²) in [6.07, 6.45) is 1.33. The highest BCUT2D eigenvalue weighted by atomic mass is 16.7. The lowest BCUT2D eigenvalue weighted by molar-refractivity contribution is 0.173. The molecular weight excluding hydrogens is 312 g/mol. The summed E-state index contributed by atoms with van der Waals surface area (Å²) in [7, 11) is 0. The predicted octanol–water partition coefficient (Wildman–Crippen LogP) is 1.90. The molecule has 0 fully saturated rings. The van der Waals surface area contributed by atoms with E-state index in [4.69, 9.17) is 29.2 Å². The van der Waals surface area contributed by atoms with Crippen molar-refractivity contribution in [3.8, 4) is 23.0 Å². The smallest absolute Gasteiger partial charge is 0.231 e. The van der Waals surface area contributed by atoms with Crippen LogP contribution in [0, 0.1) is 0 Å². The van der Waals surface area contributed by atoms with E-state index in [1.54, 1.807) is 0 Å². The standard InChI is InChI=1S/2C9H10O3/c2*10-4-3-7-1-2-8-9(5-7)12-6-11-8/h2*1-2,5,10H,3-4,6H2. The van der Waals surface area contributed by atoms with Crippen LogP contribution in [0.2, 0.25) is 0 Å². The monoisotopic (exact) mass is 332 g/mol. The van der Waals surface area contributed by atoms with Gasteiger partial charge in [0, 0.05) is 13.2 Å². The molecule has 0 saturated carbocycles. The van der Waals surface area contributed by atoms with Crippen LogP contribution in [0.15, 0.2) is 36.4 Å². The molecule has 2 heterocycles. The second kappa shape index (κ2) is 7.90. The molecule has 0 radical (unpaired) electrons. The Morgan fingerprint density at radius 3 is 1.46 bits per heavy atom. The minimum Gasteiger partial charge on any atom is -0.454 e.